The Bertz CT molecular complexity index is 853. The van der Waals surface area contributed by atoms with Crippen LogP contribution >= 0.6 is 0 Å². The number of rotatable bonds is 3. The summed E-state index contributed by atoms with van der Waals surface area (Å²) in [5.41, 5.74) is 2.17. The van der Waals surface area contributed by atoms with Crippen molar-refractivity contribution < 1.29 is 14.3 Å². The van der Waals surface area contributed by atoms with Gasteiger partial charge in [0.25, 0.3) is 0 Å². The Morgan fingerprint density at radius 1 is 1.04 bits per heavy atom. The molecule has 1 atom stereocenters. The van der Waals surface area contributed by atoms with Crippen LogP contribution in [0.5, 0.6) is 0 Å². The maximum Gasteiger partial charge on any atom is 0.415 e. The zero-order chi connectivity index (χ0) is 19.4. The molecule has 140 valence electrons. The molecule has 0 fully saturated rings. The number of nitrogens with zero attached hydrogens (tertiary/aromatic N) is 1. The van der Waals surface area contributed by atoms with Gasteiger partial charge >= 0.3 is 6.09 Å². The number of benzene rings is 2. The molecule has 2 aromatic rings. The minimum absolute atomic E-state index is 0.152. The fraction of sp³-hybridized carbons (Fsp3) is 0.273. The van der Waals surface area contributed by atoms with Gasteiger partial charge in [-0.05, 0) is 43.5 Å². The summed E-state index contributed by atoms with van der Waals surface area (Å²) in [5.74, 6) is -0.240. The van der Waals surface area contributed by atoms with Crippen LogP contribution in [-0.4, -0.2) is 22.4 Å². The Morgan fingerprint density at radius 3 is 2.41 bits per heavy atom. The van der Waals surface area contributed by atoms with Gasteiger partial charge in [0.2, 0.25) is 5.91 Å². The largest absolute Gasteiger partial charge is 0.444 e. The summed E-state index contributed by atoms with van der Waals surface area (Å²) in [5, 5.41) is 2.97. The summed E-state index contributed by atoms with van der Waals surface area (Å²) < 4.78 is 5.45. The van der Waals surface area contributed by atoms with E-state index in [1.54, 1.807) is 6.20 Å². The van der Waals surface area contributed by atoms with Crippen molar-refractivity contribution in [3.05, 3.63) is 77.5 Å². The number of ether oxygens (including phenoxy) is 1. The molecule has 1 unspecified atom stereocenters. The van der Waals surface area contributed by atoms with Gasteiger partial charge in [-0.1, -0.05) is 54.6 Å². The lowest BCUT2D eigenvalue weighted by Crippen LogP contribution is -2.48. The lowest BCUT2D eigenvalue weighted by molar-refractivity contribution is -0.127. The highest BCUT2D eigenvalue weighted by atomic mass is 16.6. The van der Waals surface area contributed by atoms with Crippen molar-refractivity contribution in [2.24, 2.45) is 0 Å². The average molecular weight is 364 g/mol. The van der Waals surface area contributed by atoms with Gasteiger partial charge in [-0.3, -0.25) is 9.69 Å². The molecule has 0 saturated carbocycles. The number of amides is 2. The van der Waals surface area contributed by atoms with E-state index in [-0.39, 0.29) is 12.5 Å². The van der Waals surface area contributed by atoms with Crippen LogP contribution in [0.3, 0.4) is 0 Å². The molecule has 1 aliphatic heterocycles. The quantitative estimate of drug-likeness (QED) is 0.885. The molecule has 0 aliphatic carbocycles. The third kappa shape index (κ3) is 4.56. The average Bonchev–Trinajstić information content (AvgIpc) is 2.64. The first-order valence-corrected chi connectivity index (χ1v) is 8.93. The Hall–Kier alpha value is -3.08. The van der Waals surface area contributed by atoms with Crippen LogP contribution in [0, 0.1) is 0 Å². The summed E-state index contributed by atoms with van der Waals surface area (Å²) in [7, 11) is 0. The number of carbonyl (C=O) groups excluding carboxylic acids is 2. The van der Waals surface area contributed by atoms with E-state index in [0.717, 1.165) is 16.7 Å². The first kappa shape index (κ1) is 18.7. The predicted molar refractivity (Wildman–Crippen MR) is 105 cm³/mol. The van der Waals surface area contributed by atoms with E-state index >= 15 is 0 Å². The van der Waals surface area contributed by atoms with Gasteiger partial charge in [-0.15, -0.1) is 0 Å². The number of hydrogen-bond donors (Lipinski definition) is 1. The van der Waals surface area contributed by atoms with E-state index in [9.17, 15) is 9.59 Å². The fourth-order valence-electron chi connectivity index (χ4n) is 2.97. The van der Waals surface area contributed by atoms with Gasteiger partial charge in [-0.25, -0.2) is 4.79 Å². The number of hydrogen-bond acceptors (Lipinski definition) is 3. The van der Waals surface area contributed by atoms with Crippen molar-refractivity contribution in [1.29, 1.82) is 0 Å². The molecule has 0 bridgehead atoms. The van der Waals surface area contributed by atoms with Crippen molar-refractivity contribution in [3.63, 3.8) is 0 Å². The second-order valence-electron chi connectivity index (χ2n) is 7.53. The van der Waals surface area contributed by atoms with E-state index in [4.69, 9.17) is 4.74 Å². The third-order valence-corrected chi connectivity index (χ3v) is 4.15. The minimum atomic E-state index is -0.770. The molecule has 5 nitrogen and oxygen atoms in total. The Kier molecular flexibility index (Phi) is 5.31. The molecule has 2 aromatic carbocycles. The van der Waals surface area contributed by atoms with Gasteiger partial charge in [0, 0.05) is 11.7 Å². The van der Waals surface area contributed by atoms with Crippen LogP contribution in [0.25, 0.3) is 6.08 Å². The summed E-state index contributed by atoms with van der Waals surface area (Å²) in [6, 6.07) is 16.3. The SMILES string of the molecule is CC(C)(C)NC(=O)C1c2ccccc2C=CN1C(=O)OCc1ccccc1. The minimum Gasteiger partial charge on any atom is -0.444 e. The first-order chi connectivity index (χ1) is 12.8. The van der Waals surface area contributed by atoms with E-state index < -0.39 is 17.7 Å². The molecule has 27 heavy (non-hydrogen) atoms. The topological polar surface area (TPSA) is 58.6 Å². The summed E-state index contributed by atoms with van der Waals surface area (Å²) in [6.45, 7) is 5.88. The van der Waals surface area contributed by atoms with Crippen molar-refractivity contribution in [2.45, 2.75) is 39.0 Å². The molecule has 0 saturated heterocycles. The summed E-state index contributed by atoms with van der Waals surface area (Å²) >= 11 is 0. The van der Waals surface area contributed by atoms with Crippen LogP contribution in [0.2, 0.25) is 0 Å². The molecule has 1 N–H and O–H groups in total. The van der Waals surface area contributed by atoms with E-state index in [1.165, 1.54) is 4.90 Å². The van der Waals surface area contributed by atoms with Crippen molar-refractivity contribution >= 4 is 18.1 Å². The molecule has 5 heteroatoms. The maximum atomic E-state index is 13.0. The Morgan fingerprint density at radius 2 is 1.70 bits per heavy atom. The lowest BCUT2D eigenvalue weighted by Gasteiger charge is -2.33. The lowest BCUT2D eigenvalue weighted by atomic mass is 9.95. The highest BCUT2D eigenvalue weighted by Crippen LogP contribution is 2.31. The van der Waals surface area contributed by atoms with E-state index in [2.05, 4.69) is 5.32 Å². The molecule has 0 aromatic heterocycles. The normalized spacial score (nSPS) is 15.8. The van der Waals surface area contributed by atoms with Crippen LogP contribution in [-0.2, 0) is 16.1 Å². The van der Waals surface area contributed by atoms with E-state index in [0.29, 0.717) is 0 Å². The smallest absolute Gasteiger partial charge is 0.415 e. The maximum absolute atomic E-state index is 13.0. The fourth-order valence-corrected chi connectivity index (χ4v) is 2.97. The predicted octanol–water partition coefficient (Wildman–Crippen LogP) is 4.27. The highest BCUT2D eigenvalue weighted by Gasteiger charge is 2.36. The van der Waals surface area contributed by atoms with E-state index in [1.807, 2.05) is 81.4 Å². The Labute approximate surface area is 159 Å². The summed E-state index contributed by atoms with van der Waals surface area (Å²) in [6.07, 6.45) is 2.88. The number of nitrogens with one attached hydrogen (secondary N) is 1. The number of carbonyl (C=O) groups is 2. The van der Waals surface area contributed by atoms with Crippen molar-refractivity contribution in [2.75, 3.05) is 0 Å². The number of fused-ring (bicyclic) bond motifs is 1. The standard InChI is InChI=1S/C22H24N2O3/c1-22(2,3)23-20(25)19-18-12-8-7-11-17(18)13-14-24(19)21(26)27-15-16-9-5-4-6-10-16/h4-14,19H,15H2,1-3H3,(H,23,25). The van der Waals surface area contributed by atoms with Gasteiger partial charge in [0.15, 0.2) is 0 Å². The van der Waals surface area contributed by atoms with Gasteiger partial charge in [0.1, 0.15) is 12.6 Å². The van der Waals surface area contributed by atoms with Crippen molar-refractivity contribution in [1.82, 2.24) is 10.2 Å². The van der Waals surface area contributed by atoms with Crippen LogP contribution < -0.4 is 5.32 Å². The van der Waals surface area contributed by atoms with Crippen LogP contribution in [0.4, 0.5) is 4.79 Å². The van der Waals surface area contributed by atoms with Crippen molar-refractivity contribution in [3.8, 4) is 0 Å². The highest BCUT2D eigenvalue weighted by molar-refractivity contribution is 5.90. The van der Waals surface area contributed by atoms with Gasteiger partial charge in [-0.2, -0.15) is 0 Å². The molecule has 2 amide bonds. The molecule has 0 radical (unpaired) electrons. The Balaban J connectivity index is 1.83. The van der Waals surface area contributed by atoms with Crippen LogP contribution in [0.15, 0.2) is 60.8 Å². The molecular weight excluding hydrogens is 340 g/mol. The molecule has 1 heterocycles. The first-order valence-electron chi connectivity index (χ1n) is 8.93. The molecule has 0 spiro atoms. The van der Waals surface area contributed by atoms with Gasteiger partial charge in [0.05, 0.1) is 0 Å². The van der Waals surface area contributed by atoms with Gasteiger partial charge < -0.3 is 10.1 Å². The monoisotopic (exact) mass is 364 g/mol. The zero-order valence-corrected chi connectivity index (χ0v) is 15.8. The second kappa shape index (κ2) is 7.66. The summed E-state index contributed by atoms with van der Waals surface area (Å²) in [4.78, 5) is 27.1. The van der Waals surface area contributed by atoms with Crippen LogP contribution in [0.1, 0.15) is 43.5 Å². The third-order valence-electron chi connectivity index (χ3n) is 4.15. The molecule has 1 aliphatic rings. The molecular formula is C22H24N2O3. The zero-order valence-electron chi connectivity index (χ0n) is 15.8. The second-order valence-corrected chi connectivity index (χ2v) is 7.53. The molecule has 3 rings (SSSR count).